The Hall–Kier alpha value is -1.82. The summed E-state index contributed by atoms with van der Waals surface area (Å²) in [6.45, 7) is 4.19. The van der Waals surface area contributed by atoms with Crippen LogP contribution in [0.5, 0.6) is 0 Å². The van der Waals surface area contributed by atoms with Crippen molar-refractivity contribution in [2.45, 2.75) is 33.2 Å². The molecule has 0 bridgehead atoms. The molecule has 0 radical (unpaired) electrons. The molecule has 2 rings (SSSR count). The molecule has 0 spiro atoms. The first-order chi connectivity index (χ1) is 8.69. The molecule has 5 nitrogen and oxygen atoms in total. The third kappa shape index (κ3) is 2.24. The van der Waals surface area contributed by atoms with Crippen LogP contribution in [0.15, 0.2) is 12.3 Å². The molecule has 96 valence electrons. The van der Waals surface area contributed by atoms with Gasteiger partial charge in [-0.3, -0.25) is 0 Å². The molecule has 0 saturated carbocycles. The molecule has 0 fully saturated rings. The second kappa shape index (κ2) is 5.22. The van der Waals surface area contributed by atoms with Crippen LogP contribution < -0.4 is 5.73 Å². The predicted molar refractivity (Wildman–Crippen MR) is 65.8 cm³/mol. The highest BCUT2D eigenvalue weighted by Crippen LogP contribution is 2.14. The van der Waals surface area contributed by atoms with Gasteiger partial charge in [0.2, 0.25) is 0 Å². The smallest absolute Gasteiger partial charge is 0.160 e. The van der Waals surface area contributed by atoms with E-state index in [4.69, 9.17) is 5.73 Å². The van der Waals surface area contributed by atoms with Crippen molar-refractivity contribution in [3.8, 4) is 5.82 Å². The molecule has 18 heavy (non-hydrogen) atoms. The van der Waals surface area contributed by atoms with E-state index >= 15 is 0 Å². The quantitative estimate of drug-likeness (QED) is 0.888. The van der Waals surface area contributed by atoms with E-state index < -0.39 is 5.82 Å². The highest BCUT2D eigenvalue weighted by Gasteiger charge is 2.13. The Balaban J connectivity index is 2.56. The van der Waals surface area contributed by atoms with E-state index in [9.17, 15) is 4.39 Å². The van der Waals surface area contributed by atoms with Gasteiger partial charge in [-0.2, -0.15) is 4.68 Å². The van der Waals surface area contributed by atoms with Gasteiger partial charge < -0.3 is 5.73 Å². The van der Waals surface area contributed by atoms with Gasteiger partial charge in [0.05, 0.1) is 6.20 Å². The van der Waals surface area contributed by atoms with Crippen LogP contribution in [0, 0.1) is 5.82 Å². The molecule has 6 heteroatoms. The van der Waals surface area contributed by atoms with E-state index in [1.165, 1.54) is 12.3 Å². The van der Waals surface area contributed by atoms with Gasteiger partial charge in [0.25, 0.3) is 0 Å². The topological polar surface area (TPSA) is 69.6 Å². The van der Waals surface area contributed by atoms with Crippen molar-refractivity contribution in [1.29, 1.82) is 0 Å². The first-order valence-electron chi connectivity index (χ1n) is 5.99. The maximum Gasteiger partial charge on any atom is 0.160 e. The minimum atomic E-state index is -0.395. The fourth-order valence-corrected chi connectivity index (χ4v) is 1.75. The number of rotatable bonds is 4. The molecule has 2 heterocycles. The van der Waals surface area contributed by atoms with Crippen molar-refractivity contribution in [1.82, 2.24) is 19.7 Å². The highest BCUT2D eigenvalue weighted by atomic mass is 19.1. The average Bonchev–Trinajstić information content (AvgIpc) is 2.81. The molecule has 2 N–H and O–H groups in total. The monoisotopic (exact) mass is 249 g/mol. The normalized spacial score (nSPS) is 10.9. The third-order valence-corrected chi connectivity index (χ3v) is 2.68. The second-order valence-corrected chi connectivity index (χ2v) is 3.90. The van der Waals surface area contributed by atoms with Crippen LogP contribution >= 0.6 is 0 Å². The number of nitrogens with zero attached hydrogens (tertiary/aromatic N) is 4. The molecule has 0 atom stereocenters. The Labute approximate surface area is 105 Å². The Bertz CT molecular complexity index is 549. The summed E-state index contributed by atoms with van der Waals surface area (Å²) in [6, 6.07) is 1.38. The highest BCUT2D eigenvalue weighted by molar-refractivity contribution is 5.34. The number of pyridine rings is 1. The number of aromatic nitrogens is 4. The van der Waals surface area contributed by atoms with E-state index in [1.54, 1.807) is 4.68 Å². The summed E-state index contributed by atoms with van der Waals surface area (Å²) in [7, 11) is 0. The summed E-state index contributed by atoms with van der Waals surface area (Å²) in [5.41, 5.74) is 6.24. The van der Waals surface area contributed by atoms with Gasteiger partial charge in [-0.05, 0) is 6.07 Å². The minimum absolute atomic E-state index is 0.213. The molecule has 2 aromatic rings. The third-order valence-electron chi connectivity index (χ3n) is 2.68. The van der Waals surface area contributed by atoms with Gasteiger partial charge in [-0.1, -0.05) is 13.8 Å². The molecule has 0 unspecified atom stereocenters. The molecule has 0 aliphatic rings. The Kier molecular flexibility index (Phi) is 3.66. The lowest BCUT2D eigenvalue weighted by molar-refractivity contribution is 0.614. The van der Waals surface area contributed by atoms with Crippen molar-refractivity contribution in [2.75, 3.05) is 0 Å². The Morgan fingerprint density at radius 1 is 1.33 bits per heavy atom. The SMILES string of the molecule is CCc1nc(CC)n(-c2ncc(F)cc2CN)n1. The van der Waals surface area contributed by atoms with E-state index in [-0.39, 0.29) is 6.54 Å². The van der Waals surface area contributed by atoms with E-state index in [0.29, 0.717) is 11.4 Å². The number of hydrogen-bond acceptors (Lipinski definition) is 4. The van der Waals surface area contributed by atoms with Crippen LogP contribution in [0.25, 0.3) is 5.82 Å². The van der Waals surface area contributed by atoms with Crippen molar-refractivity contribution < 1.29 is 4.39 Å². The van der Waals surface area contributed by atoms with Crippen LogP contribution in [-0.2, 0) is 19.4 Å². The van der Waals surface area contributed by atoms with Gasteiger partial charge in [-0.25, -0.2) is 14.4 Å². The zero-order valence-electron chi connectivity index (χ0n) is 10.5. The Morgan fingerprint density at radius 3 is 2.72 bits per heavy atom. The summed E-state index contributed by atoms with van der Waals surface area (Å²) in [5, 5.41) is 4.37. The molecule has 2 aromatic heterocycles. The van der Waals surface area contributed by atoms with E-state index in [2.05, 4.69) is 15.1 Å². The first kappa shape index (κ1) is 12.6. The molecule has 0 saturated heterocycles. The molecule has 0 aromatic carbocycles. The Morgan fingerprint density at radius 2 is 2.11 bits per heavy atom. The summed E-state index contributed by atoms with van der Waals surface area (Å²) in [4.78, 5) is 8.48. The second-order valence-electron chi connectivity index (χ2n) is 3.90. The number of hydrogen-bond donors (Lipinski definition) is 1. The largest absolute Gasteiger partial charge is 0.326 e. The maximum atomic E-state index is 13.1. The van der Waals surface area contributed by atoms with Crippen LogP contribution in [0.3, 0.4) is 0 Å². The zero-order chi connectivity index (χ0) is 13.1. The van der Waals surface area contributed by atoms with Crippen LogP contribution in [-0.4, -0.2) is 19.7 Å². The van der Waals surface area contributed by atoms with E-state index in [1.807, 2.05) is 13.8 Å². The fourth-order valence-electron chi connectivity index (χ4n) is 1.75. The molecular weight excluding hydrogens is 233 g/mol. The van der Waals surface area contributed by atoms with Gasteiger partial charge in [0, 0.05) is 24.9 Å². The van der Waals surface area contributed by atoms with Crippen molar-refractivity contribution >= 4 is 0 Å². The predicted octanol–water partition coefficient (Wildman–Crippen LogP) is 1.38. The minimum Gasteiger partial charge on any atom is -0.326 e. The van der Waals surface area contributed by atoms with E-state index in [0.717, 1.165) is 24.5 Å². The standard InChI is InChI=1S/C12H16FN5/c1-3-10-16-11(4-2)18(17-10)12-8(6-14)5-9(13)7-15-12/h5,7H,3-4,6,14H2,1-2H3. The molecule has 0 amide bonds. The molecule has 0 aliphatic heterocycles. The number of halogens is 1. The van der Waals surface area contributed by atoms with Crippen molar-refractivity contribution in [3.63, 3.8) is 0 Å². The summed E-state index contributed by atoms with van der Waals surface area (Å²) in [5.74, 6) is 1.72. The summed E-state index contributed by atoms with van der Waals surface area (Å²) < 4.78 is 14.8. The first-order valence-corrected chi connectivity index (χ1v) is 5.99. The maximum absolute atomic E-state index is 13.1. The number of nitrogens with two attached hydrogens (primary N) is 1. The fraction of sp³-hybridized carbons (Fsp3) is 0.417. The van der Waals surface area contributed by atoms with Gasteiger partial charge >= 0.3 is 0 Å². The van der Waals surface area contributed by atoms with Gasteiger partial charge in [-0.15, -0.1) is 5.10 Å². The summed E-state index contributed by atoms with van der Waals surface area (Å²) >= 11 is 0. The molecular formula is C12H16FN5. The van der Waals surface area contributed by atoms with Gasteiger partial charge in [0.15, 0.2) is 11.6 Å². The summed E-state index contributed by atoms with van der Waals surface area (Å²) in [6.07, 6.45) is 2.65. The van der Waals surface area contributed by atoms with Crippen LogP contribution in [0.2, 0.25) is 0 Å². The lowest BCUT2D eigenvalue weighted by Gasteiger charge is -2.08. The van der Waals surface area contributed by atoms with Crippen LogP contribution in [0.4, 0.5) is 4.39 Å². The lowest BCUT2D eigenvalue weighted by Crippen LogP contribution is -2.11. The van der Waals surface area contributed by atoms with Gasteiger partial charge in [0.1, 0.15) is 11.6 Å². The average molecular weight is 249 g/mol. The lowest BCUT2D eigenvalue weighted by atomic mass is 10.2. The van der Waals surface area contributed by atoms with Crippen molar-refractivity contribution in [3.05, 3.63) is 35.3 Å². The number of aryl methyl sites for hydroxylation is 2. The van der Waals surface area contributed by atoms with Crippen LogP contribution in [0.1, 0.15) is 31.1 Å². The zero-order valence-corrected chi connectivity index (χ0v) is 10.5. The van der Waals surface area contributed by atoms with Crippen molar-refractivity contribution in [2.24, 2.45) is 5.73 Å². The molecule has 0 aliphatic carbocycles.